The van der Waals surface area contributed by atoms with E-state index in [-0.39, 0.29) is 5.54 Å². The Bertz CT molecular complexity index is 648. The Balaban J connectivity index is 2.38. The van der Waals surface area contributed by atoms with Crippen LogP contribution in [0.5, 0.6) is 0 Å². The molecule has 2 aromatic heterocycles. The molecule has 0 aromatic carbocycles. The second kappa shape index (κ2) is 6.20. The number of hydrogen-bond acceptors (Lipinski definition) is 2. The van der Waals surface area contributed by atoms with Crippen molar-refractivity contribution in [3.63, 3.8) is 0 Å². The Kier molecular flexibility index (Phi) is 4.74. The molecule has 114 valence electrons. The fourth-order valence-corrected chi connectivity index (χ4v) is 2.31. The molecule has 1 N–H and O–H groups in total. The van der Waals surface area contributed by atoms with E-state index in [0.717, 1.165) is 17.9 Å². The standard InChI is InChI=1S/C17H24ClN3/c1-12(2)13(11-19-17(3,4)5)10-14-16(18)20-15-8-6-7-9-21(14)15/h6-10,12,19H,11H2,1-5H3. The highest BCUT2D eigenvalue weighted by Crippen LogP contribution is 2.23. The summed E-state index contributed by atoms with van der Waals surface area (Å²) in [6.45, 7) is 11.8. The molecule has 21 heavy (non-hydrogen) atoms. The van der Waals surface area contributed by atoms with Crippen LogP contribution in [0.4, 0.5) is 0 Å². The molecule has 3 nitrogen and oxygen atoms in total. The first-order valence-corrected chi connectivity index (χ1v) is 7.74. The highest BCUT2D eigenvalue weighted by Gasteiger charge is 2.14. The summed E-state index contributed by atoms with van der Waals surface area (Å²) in [5, 5.41) is 4.09. The Hall–Kier alpha value is -1.32. The van der Waals surface area contributed by atoms with Gasteiger partial charge in [0.2, 0.25) is 0 Å². The number of halogens is 1. The van der Waals surface area contributed by atoms with Crippen LogP contribution in [0.2, 0.25) is 5.15 Å². The van der Waals surface area contributed by atoms with Gasteiger partial charge in [0.1, 0.15) is 5.65 Å². The predicted molar refractivity (Wildman–Crippen MR) is 90.8 cm³/mol. The Morgan fingerprint density at radius 3 is 2.71 bits per heavy atom. The lowest BCUT2D eigenvalue weighted by molar-refractivity contribution is 0.437. The first-order chi connectivity index (χ1) is 9.78. The van der Waals surface area contributed by atoms with Crippen LogP contribution in [0.25, 0.3) is 11.7 Å². The largest absolute Gasteiger partial charge is 0.308 e. The van der Waals surface area contributed by atoms with E-state index < -0.39 is 0 Å². The van der Waals surface area contributed by atoms with Crippen LogP contribution in [-0.4, -0.2) is 21.5 Å². The van der Waals surface area contributed by atoms with Gasteiger partial charge in [-0.2, -0.15) is 0 Å². The highest BCUT2D eigenvalue weighted by molar-refractivity contribution is 6.31. The van der Waals surface area contributed by atoms with Crippen LogP contribution in [0, 0.1) is 5.92 Å². The third-order valence-corrected chi connectivity index (χ3v) is 3.69. The van der Waals surface area contributed by atoms with Crippen LogP contribution >= 0.6 is 11.6 Å². The molecule has 0 atom stereocenters. The maximum Gasteiger partial charge on any atom is 0.155 e. The van der Waals surface area contributed by atoms with Crippen LogP contribution in [-0.2, 0) is 0 Å². The van der Waals surface area contributed by atoms with Crippen molar-refractivity contribution >= 4 is 23.3 Å². The molecule has 0 fully saturated rings. The molecule has 0 spiro atoms. The lowest BCUT2D eigenvalue weighted by Crippen LogP contribution is -2.37. The molecule has 0 amide bonds. The molecule has 4 heteroatoms. The minimum Gasteiger partial charge on any atom is -0.308 e. The number of hydrogen-bond donors (Lipinski definition) is 1. The van der Waals surface area contributed by atoms with E-state index in [4.69, 9.17) is 11.6 Å². The van der Waals surface area contributed by atoms with Crippen LogP contribution in [0.15, 0.2) is 30.0 Å². The minimum absolute atomic E-state index is 0.0945. The highest BCUT2D eigenvalue weighted by atomic mass is 35.5. The second-order valence-corrected chi connectivity index (χ2v) is 7.05. The lowest BCUT2D eigenvalue weighted by Gasteiger charge is -2.23. The number of aromatic nitrogens is 2. The van der Waals surface area contributed by atoms with Gasteiger partial charge in [0, 0.05) is 18.3 Å². The van der Waals surface area contributed by atoms with E-state index in [1.807, 2.05) is 28.8 Å². The number of imidazole rings is 1. The van der Waals surface area contributed by atoms with Crippen LogP contribution in [0.1, 0.15) is 40.3 Å². The first kappa shape index (κ1) is 16.1. The van der Waals surface area contributed by atoms with Gasteiger partial charge in [-0.3, -0.25) is 4.40 Å². The van der Waals surface area contributed by atoms with E-state index in [1.165, 1.54) is 5.57 Å². The Labute approximate surface area is 132 Å². The monoisotopic (exact) mass is 305 g/mol. The molecule has 0 unspecified atom stereocenters. The van der Waals surface area contributed by atoms with E-state index in [2.05, 4.69) is 51.0 Å². The van der Waals surface area contributed by atoms with E-state index in [0.29, 0.717) is 11.1 Å². The summed E-state index contributed by atoms with van der Waals surface area (Å²) in [4.78, 5) is 4.40. The van der Waals surface area contributed by atoms with Crippen molar-refractivity contribution < 1.29 is 0 Å². The fourth-order valence-electron chi connectivity index (χ4n) is 2.08. The maximum atomic E-state index is 6.31. The van der Waals surface area contributed by atoms with Crippen LogP contribution < -0.4 is 5.32 Å². The molecule has 0 aliphatic rings. The van der Waals surface area contributed by atoms with Crippen molar-refractivity contribution in [1.29, 1.82) is 0 Å². The summed E-state index contributed by atoms with van der Waals surface area (Å²) in [6.07, 6.45) is 4.15. The van der Waals surface area contributed by atoms with Gasteiger partial charge in [-0.05, 0) is 44.9 Å². The van der Waals surface area contributed by atoms with Gasteiger partial charge in [0.15, 0.2) is 5.15 Å². The van der Waals surface area contributed by atoms with Crippen molar-refractivity contribution in [3.05, 3.63) is 40.8 Å². The average molecular weight is 306 g/mol. The topological polar surface area (TPSA) is 29.3 Å². The van der Waals surface area contributed by atoms with Crippen molar-refractivity contribution in [3.8, 4) is 0 Å². The zero-order valence-electron chi connectivity index (χ0n) is 13.4. The van der Waals surface area contributed by atoms with Crippen LogP contribution in [0.3, 0.4) is 0 Å². The molecule has 0 radical (unpaired) electrons. The van der Waals surface area contributed by atoms with E-state index >= 15 is 0 Å². The van der Waals surface area contributed by atoms with Gasteiger partial charge in [0.05, 0.1) is 5.69 Å². The summed E-state index contributed by atoms with van der Waals surface area (Å²) in [5.41, 5.74) is 3.24. The average Bonchev–Trinajstić information content (AvgIpc) is 2.69. The van der Waals surface area contributed by atoms with Crippen molar-refractivity contribution in [2.75, 3.05) is 6.54 Å². The molecule has 2 rings (SSSR count). The zero-order chi connectivity index (χ0) is 15.6. The second-order valence-electron chi connectivity index (χ2n) is 6.69. The van der Waals surface area contributed by atoms with Gasteiger partial charge in [-0.15, -0.1) is 0 Å². The molecular formula is C17H24ClN3. The fraction of sp³-hybridized carbons (Fsp3) is 0.471. The maximum absolute atomic E-state index is 6.31. The molecule has 0 bridgehead atoms. The summed E-state index contributed by atoms with van der Waals surface area (Å²) in [5.74, 6) is 0.449. The zero-order valence-corrected chi connectivity index (χ0v) is 14.2. The quantitative estimate of drug-likeness (QED) is 0.906. The van der Waals surface area contributed by atoms with E-state index in [9.17, 15) is 0 Å². The number of pyridine rings is 1. The number of rotatable bonds is 4. The summed E-state index contributed by atoms with van der Waals surface area (Å²) in [7, 11) is 0. The summed E-state index contributed by atoms with van der Waals surface area (Å²) < 4.78 is 2.03. The Morgan fingerprint density at radius 2 is 2.10 bits per heavy atom. The molecule has 0 saturated heterocycles. The number of nitrogens with zero attached hydrogens (tertiary/aromatic N) is 2. The molecule has 0 aliphatic heterocycles. The smallest absolute Gasteiger partial charge is 0.155 e. The summed E-state index contributed by atoms with van der Waals surface area (Å²) in [6, 6.07) is 5.92. The predicted octanol–water partition coefficient (Wildman–Crippen LogP) is 4.42. The SMILES string of the molecule is CC(C)C(=Cc1c(Cl)nc2ccccn12)CNC(C)(C)C. The van der Waals surface area contributed by atoms with Crippen molar-refractivity contribution in [1.82, 2.24) is 14.7 Å². The van der Waals surface area contributed by atoms with Gasteiger partial charge < -0.3 is 5.32 Å². The summed E-state index contributed by atoms with van der Waals surface area (Å²) >= 11 is 6.31. The third kappa shape index (κ3) is 4.08. The number of fused-ring (bicyclic) bond motifs is 1. The molecule has 0 saturated carbocycles. The first-order valence-electron chi connectivity index (χ1n) is 7.36. The van der Waals surface area contributed by atoms with Gasteiger partial charge in [0.25, 0.3) is 0 Å². The molecule has 2 aromatic rings. The molecular weight excluding hydrogens is 282 g/mol. The van der Waals surface area contributed by atoms with E-state index in [1.54, 1.807) is 0 Å². The van der Waals surface area contributed by atoms with Gasteiger partial charge >= 0.3 is 0 Å². The normalized spacial score (nSPS) is 13.4. The third-order valence-electron chi connectivity index (χ3n) is 3.41. The lowest BCUT2D eigenvalue weighted by atomic mass is 10.00. The molecule has 2 heterocycles. The van der Waals surface area contributed by atoms with Crippen molar-refractivity contribution in [2.45, 2.75) is 40.2 Å². The van der Waals surface area contributed by atoms with Crippen molar-refractivity contribution in [2.24, 2.45) is 5.92 Å². The van der Waals surface area contributed by atoms with Gasteiger partial charge in [-0.25, -0.2) is 4.98 Å². The Morgan fingerprint density at radius 1 is 1.38 bits per heavy atom. The molecule has 0 aliphatic carbocycles. The minimum atomic E-state index is 0.0945. The van der Waals surface area contributed by atoms with Gasteiger partial charge in [-0.1, -0.05) is 37.1 Å². The number of nitrogens with one attached hydrogen (secondary N) is 1.